The van der Waals surface area contributed by atoms with Gasteiger partial charge in [-0.15, -0.1) is 0 Å². The van der Waals surface area contributed by atoms with Gasteiger partial charge in [0.15, 0.2) is 0 Å². The number of esters is 2. The lowest BCUT2D eigenvalue weighted by atomic mass is 9.83. The molecule has 0 aliphatic heterocycles. The summed E-state index contributed by atoms with van der Waals surface area (Å²) in [5.41, 5.74) is 0.214. The molecule has 0 unspecified atom stereocenters. The molecule has 0 bridgehead atoms. The van der Waals surface area contributed by atoms with Crippen LogP contribution in [0.5, 0.6) is 0 Å². The lowest BCUT2D eigenvalue weighted by molar-refractivity contribution is -0.150. The Morgan fingerprint density at radius 2 is 0.944 bits per heavy atom. The van der Waals surface area contributed by atoms with Gasteiger partial charge in [-0.1, -0.05) is 176 Å². The van der Waals surface area contributed by atoms with Gasteiger partial charge in [-0.2, -0.15) is 0 Å². The number of aliphatic hydroxyl groups excluding tert-OH is 1. The molecule has 1 N–H and O–H groups in total. The maximum absolute atomic E-state index is 12.8. The standard InChI is InChI=1S/C48H95NO5/c1-6-9-12-15-18-22-27-34-45(35-28-23-19-16-13-10-7-2)54-47(52)37-29-24-21-25-32-40-49(42-43-50)41-39-48(4,5)38-31-30-36-46(51)53-44-33-26-20-17-14-11-8-3/h45,50H,6-44H2,1-5H3. The smallest absolute Gasteiger partial charge is 0.306 e. The van der Waals surface area contributed by atoms with Crippen LogP contribution in [0.15, 0.2) is 0 Å². The van der Waals surface area contributed by atoms with Gasteiger partial charge in [0.1, 0.15) is 6.10 Å². The van der Waals surface area contributed by atoms with Gasteiger partial charge in [0.2, 0.25) is 0 Å². The highest BCUT2D eigenvalue weighted by atomic mass is 16.5. The Bertz CT molecular complexity index is 784. The number of unbranched alkanes of at least 4 members (excludes halogenated alkanes) is 23. The second-order valence-corrected chi connectivity index (χ2v) is 17.5. The van der Waals surface area contributed by atoms with Crippen molar-refractivity contribution in [1.29, 1.82) is 0 Å². The van der Waals surface area contributed by atoms with E-state index in [-0.39, 0.29) is 30.1 Å². The molecule has 0 rings (SSSR count). The van der Waals surface area contributed by atoms with Crippen molar-refractivity contribution in [2.75, 3.05) is 32.8 Å². The summed E-state index contributed by atoms with van der Waals surface area (Å²) in [5.74, 6) is -0.0222. The van der Waals surface area contributed by atoms with E-state index in [0.29, 0.717) is 19.4 Å². The molecule has 0 fully saturated rings. The topological polar surface area (TPSA) is 76.1 Å². The average molecular weight is 766 g/mol. The Balaban J connectivity index is 4.19. The van der Waals surface area contributed by atoms with Crippen LogP contribution < -0.4 is 0 Å². The van der Waals surface area contributed by atoms with Crippen LogP contribution >= 0.6 is 0 Å². The van der Waals surface area contributed by atoms with E-state index in [0.717, 1.165) is 103 Å². The molecule has 0 atom stereocenters. The third-order valence-electron chi connectivity index (χ3n) is 11.4. The average Bonchev–Trinajstić information content (AvgIpc) is 3.15. The van der Waals surface area contributed by atoms with Crippen molar-refractivity contribution in [3.8, 4) is 0 Å². The van der Waals surface area contributed by atoms with Crippen molar-refractivity contribution in [3.05, 3.63) is 0 Å². The van der Waals surface area contributed by atoms with E-state index in [4.69, 9.17) is 9.47 Å². The SMILES string of the molecule is CCCCCCCCCOC(=O)CCCCC(C)(C)CCN(CCO)CCCCCCCC(=O)OC(CCCCCCCCC)CCCCCCCCC. The van der Waals surface area contributed by atoms with Crippen LogP contribution in [0, 0.1) is 5.41 Å². The summed E-state index contributed by atoms with van der Waals surface area (Å²) in [4.78, 5) is 27.4. The van der Waals surface area contributed by atoms with Gasteiger partial charge in [-0.05, 0) is 82.7 Å². The van der Waals surface area contributed by atoms with Crippen LogP contribution in [0.2, 0.25) is 0 Å². The number of rotatable bonds is 43. The van der Waals surface area contributed by atoms with Crippen LogP contribution in [0.4, 0.5) is 0 Å². The maximum Gasteiger partial charge on any atom is 0.306 e. The third kappa shape index (κ3) is 37.8. The Kier molecular flexibility index (Phi) is 39.2. The Hall–Kier alpha value is -1.14. The molecule has 0 radical (unpaired) electrons. The van der Waals surface area contributed by atoms with Crippen LogP contribution in [0.3, 0.4) is 0 Å². The minimum atomic E-state index is -0.0374. The predicted molar refractivity (Wildman–Crippen MR) is 232 cm³/mol. The number of carbonyl (C=O) groups excluding carboxylic acids is 2. The van der Waals surface area contributed by atoms with Crippen molar-refractivity contribution in [2.24, 2.45) is 5.41 Å². The second-order valence-electron chi connectivity index (χ2n) is 17.5. The first kappa shape index (κ1) is 52.9. The van der Waals surface area contributed by atoms with Gasteiger partial charge < -0.3 is 19.5 Å². The van der Waals surface area contributed by atoms with Gasteiger partial charge in [0.05, 0.1) is 13.2 Å². The quantitative estimate of drug-likeness (QED) is 0.0492. The largest absolute Gasteiger partial charge is 0.466 e. The molecule has 54 heavy (non-hydrogen) atoms. The number of carbonyl (C=O) groups is 2. The summed E-state index contributed by atoms with van der Waals surface area (Å²) in [6, 6.07) is 0. The molecule has 0 spiro atoms. The molecule has 0 heterocycles. The van der Waals surface area contributed by atoms with E-state index in [1.54, 1.807) is 0 Å². The zero-order valence-corrected chi connectivity index (χ0v) is 37.2. The van der Waals surface area contributed by atoms with Crippen LogP contribution in [-0.2, 0) is 19.1 Å². The lowest BCUT2D eigenvalue weighted by Crippen LogP contribution is -2.32. The predicted octanol–water partition coefficient (Wildman–Crippen LogP) is 14.1. The van der Waals surface area contributed by atoms with Crippen molar-refractivity contribution >= 4 is 11.9 Å². The fourth-order valence-corrected chi connectivity index (χ4v) is 7.55. The van der Waals surface area contributed by atoms with E-state index in [1.165, 1.54) is 122 Å². The highest BCUT2D eigenvalue weighted by molar-refractivity contribution is 5.69. The second kappa shape index (κ2) is 40.1. The Morgan fingerprint density at radius 1 is 0.500 bits per heavy atom. The summed E-state index contributed by atoms with van der Waals surface area (Å²) in [7, 11) is 0. The molecule has 0 aromatic carbocycles. The molecule has 6 heteroatoms. The monoisotopic (exact) mass is 766 g/mol. The highest BCUT2D eigenvalue weighted by Crippen LogP contribution is 2.28. The minimum absolute atomic E-state index is 0.0152. The van der Waals surface area contributed by atoms with Crippen molar-refractivity contribution in [1.82, 2.24) is 4.90 Å². The number of aliphatic hydroxyl groups is 1. The molecule has 0 aromatic rings. The molecule has 0 amide bonds. The fraction of sp³-hybridized carbons (Fsp3) is 0.958. The molecule has 0 aliphatic carbocycles. The van der Waals surface area contributed by atoms with E-state index < -0.39 is 0 Å². The summed E-state index contributed by atoms with van der Waals surface area (Å²) in [5, 5.41) is 9.68. The third-order valence-corrected chi connectivity index (χ3v) is 11.4. The molecular weight excluding hydrogens is 671 g/mol. The number of hydrogen-bond acceptors (Lipinski definition) is 6. The summed E-state index contributed by atoms with van der Waals surface area (Å²) < 4.78 is 11.5. The van der Waals surface area contributed by atoms with Crippen molar-refractivity contribution < 1.29 is 24.2 Å². The van der Waals surface area contributed by atoms with Gasteiger partial charge >= 0.3 is 11.9 Å². The first-order valence-corrected chi connectivity index (χ1v) is 24.0. The van der Waals surface area contributed by atoms with E-state index in [2.05, 4.69) is 39.5 Å². The number of hydrogen-bond donors (Lipinski definition) is 1. The first-order valence-electron chi connectivity index (χ1n) is 24.0. The van der Waals surface area contributed by atoms with E-state index >= 15 is 0 Å². The molecule has 6 nitrogen and oxygen atoms in total. The van der Waals surface area contributed by atoms with E-state index in [9.17, 15) is 14.7 Å². The van der Waals surface area contributed by atoms with Crippen LogP contribution in [-0.4, -0.2) is 60.9 Å². The number of ether oxygens (including phenoxy) is 2. The normalized spacial score (nSPS) is 11.9. The maximum atomic E-state index is 12.8. The minimum Gasteiger partial charge on any atom is -0.466 e. The summed E-state index contributed by atoms with van der Waals surface area (Å²) >= 11 is 0. The molecular formula is C48H95NO5. The van der Waals surface area contributed by atoms with Crippen molar-refractivity contribution in [3.63, 3.8) is 0 Å². The number of nitrogens with zero attached hydrogens (tertiary/aromatic N) is 1. The zero-order chi connectivity index (χ0) is 39.8. The van der Waals surface area contributed by atoms with Gasteiger partial charge in [0, 0.05) is 19.4 Å². The lowest BCUT2D eigenvalue weighted by Gasteiger charge is -2.29. The molecule has 0 aliphatic rings. The highest BCUT2D eigenvalue weighted by Gasteiger charge is 2.19. The zero-order valence-electron chi connectivity index (χ0n) is 37.2. The van der Waals surface area contributed by atoms with Crippen molar-refractivity contribution in [2.45, 2.75) is 259 Å². The summed E-state index contributed by atoms with van der Waals surface area (Å²) in [6.45, 7) is 15.0. The Labute approximate surface area is 337 Å². The van der Waals surface area contributed by atoms with Crippen LogP contribution in [0.25, 0.3) is 0 Å². The fourth-order valence-electron chi connectivity index (χ4n) is 7.55. The molecule has 322 valence electrons. The first-order chi connectivity index (χ1) is 26.3. The van der Waals surface area contributed by atoms with Gasteiger partial charge in [0.25, 0.3) is 0 Å². The summed E-state index contributed by atoms with van der Waals surface area (Å²) in [6.07, 6.45) is 39.7. The van der Waals surface area contributed by atoms with E-state index in [1.807, 2.05) is 0 Å². The molecule has 0 saturated carbocycles. The van der Waals surface area contributed by atoms with Gasteiger partial charge in [-0.3, -0.25) is 9.59 Å². The molecule has 0 aromatic heterocycles. The van der Waals surface area contributed by atoms with Gasteiger partial charge in [-0.25, -0.2) is 0 Å². The Morgan fingerprint density at radius 3 is 1.48 bits per heavy atom. The molecule has 0 saturated heterocycles. The van der Waals surface area contributed by atoms with Crippen LogP contribution in [0.1, 0.15) is 253 Å².